The monoisotopic (exact) mass is 411 g/mol. The van der Waals surface area contributed by atoms with Crippen LogP contribution in [0.3, 0.4) is 0 Å². The van der Waals surface area contributed by atoms with E-state index < -0.39 is 23.4 Å². The molecule has 0 atom stereocenters. The number of halogens is 4. The highest BCUT2D eigenvalue weighted by atomic mass is 35.5. The SMILES string of the molecule is CCOC(=O)c1cnn(-c2cccc(-c3c(O)cccc3Cl)n2)c1C(F)(F)F. The second-order valence-corrected chi connectivity index (χ2v) is 5.96. The van der Waals surface area contributed by atoms with Crippen molar-refractivity contribution in [2.75, 3.05) is 6.61 Å². The minimum atomic E-state index is -4.89. The summed E-state index contributed by atoms with van der Waals surface area (Å²) in [7, 11) is 0. The van der Waals surface area contributed by atoms with Crippen molar-refractivity contribution in [2.24, 2.45) is 0 Å². The fourth-order valence-electron chi connectivity index (χ4n) is 2.60. The van der Waals surface area contributed by atoms with E-state index in [0.717, 1.165) is 6.20 Å². The number of alkyl halides is 3. The topological polar surface area (TPSA) is 77.2 Å². The molecule has 0 radical (unpaired) electrons. The summed E-state index contributed by atoms with van der Waals surface area (Å²) in [5.74, 6) is -1.53. The molecule has 2 aromatic heterocycles. The van der Waals surface area contributed by atoms with E-state index in [1.165, 1.54) is 43.3 Å². The molecule has 3 rings (SSSR count). The van der Waals surface area contributed by atoms with Crippen LogP contribution in [0.25, 0.3) is 17.1 Å². The number of hydrogen-bond donors (Lipinski definition) is 1. The van der Waals surface area contributed by atoms with Crippen molar-refractivity contribution in [2.45, 2.75) is 13.1 Å². The minimum Gasteiger partial charge on any atom is -0.507 e. The third kappa shape index (κ3) is 3.65. The number of hydrogen-bond acceptors (Lipinski definition) is 5. The Labute approximate surface area is 162 Å². The van der Waals surface area contributed by atoms with Gasteiger partial charge in [-0.3, -0.25) is 0 Å². The highest BCUT2D eigenvalue weighted by Gasteiger charge is 2.41. The highest BCUT2D eigenvalue weighted by Crippen LogP contribution is 2.36. The smallest absolute Gasteiger partial charge is 0.434 e. The van der Waals surface area contributed by atoms with Crippen LogP contribution in [0.4, 0.5) is 13.2 Å². The summed E-state index contributed by atoms with van der Waals surface area (Å²) in [6.07, 6.45) is -4.11. The molecule has 10 heteroatoms. The van der Waals surface area contributed by atoms with Crippen molar-refractivity contribution in [3.8, 4) is 22.8 Å². The molecular formula is C18H13ClF3N3O3. The Hall–Kier alpha value is -3.07. The molecule has 0 aliphatic carbocycles. The number of benzene rings is 1. The zero-order valence-electron chi connectivity index (χ0n) is 14.4. The van der Waals surface area contributed by atoms with Crippen LogP contribution in [0.2, 0.25) is 5.02 Å². The Morgan fingerprint density at radius 1 is 1.25 bits per heavy atom. The number of aromatic hydroxyl groups is 1. The normalized spacial score (nSPS) is 11.5. The average molecular weight is 412 g/mol. The van der Waals surface area contributed by atoms with E-state index in [0.29, 0.717) is 4.68 Å². The number of carbonyl (C=O) groups excluding carboxylic acids is 1. The summed E-state index contributed by atoms with van der Waals surface area (Å²) in [6, 6.07) is 8.61. The second kappa shape index (κ2) is 7.51. The first kappa shape index (κ1) is 19.7. The van der Waals surface area contributed by atoms with Gasteiger partial charge in [-0.25, -0.2) is 14.5 Å². The van der Waals surface area contributed by atoms with Crippen molar-refractivity contribution < 1.29 is 27.8 Å². The maximum absolute atomic E-state index is 13.6. The number of rotatable bonds is 4. The van der Waals surface area contributed by atoms with Gasteiger partial charge in [-0.1, -0.05) is 23.7 Å². The predicted molar refractivity (Wildman–Crippen MR) is 94.4 cm³/mol. The number of phenols is 1. The summed E-state index contributed by atoms with van der Waals surface area (Å²) < 4.78 is 46.0. The first-order valence-electron chi connectivity index (χ1n) is 8.01. The second-order valence-electron chi connectivity index (χ2n) is 5.55. The van der Waals surface area contributed by atoms with Gasteiger partial charge in [0.1, 0.15) is 11.3 Å². The van der Waals surface area contributed by atoms with Gasteiger partial charge in [-0.05, 0) is 31.2 Å². The molecule has 0 amide bonds. The molecule has 6 nitrogen and oxygen atoms in total. The van der Waals surface area contributed by atoms with E-state index in [1.807, 2.05) is 0 Å². The van der Waals surface area contributed by atoms with Crippen molar-refractivity contribution in [1.82, 2.24) is 14.8 Å². The number of pyridine rings is 1. The molecule has 0 fully saturated rings. The van der Waals surface area contributed by atoms with Gasteiger partial charge in [0.2, 0.25) is 0 Å². The summed E-state index contributed by atoms with van der Waals surface area (Å²) in [5, 5.41) is 13.9. The van der Waals surface area contributed by atoms with Crippen molar-refractivity contribution in [3.05, 3.63) is 58.9 Å². The van der Waals surface area contributed by atoms with Crippen LogP contribution < -0.4 is 0 Å². The van der Waals surface area contributed by atoms with Crippen LogP contribution in [-0.4, -0.2) is 32.4 Å². The molecule has 0 aliphatic heterocycles. The van der Waals surface area contributed by atoms with Gasteiger partial charge in [-0.2, -0.15) is 18.3 Å². The first-order chi connectivity index (χ1) is 13.2. The molecule has 1 N–H and O–H groups in total. The zero-order chi connectivity index (χ0) is 20.5. The Morgan fingerprint density at radius 2 is 1.96 bits per heavy atom. The maximum Gasteiger partial charge on any atom is 0.434 e. The van der Waals surface area contributed by atoms with Gasteiger partial charge < -0.3 is 9.84 Å². The largest absolute Gasteiger partial charge is 0.507 e. The number of ether oxygens (including phenoxy) is 1. The lowest BCUT2D eigenvalue weighted by molar-refractivity contribution is -0.143. The summed E-state index contributed by atoms with van der Waals surface area (Å²) in [4.78, 5) is 16.0. The lowest BCUT2D eigenvalue weighted by Crippen LogP contribution is -2.19. The first-order valence-corrected chi connectivity index (χ1v) is 8.39. The average Bonchev–Trinajstić information content (AvgIpc) is 3.08. The fourth-order valence-corrected chi connectivity index (χ4v) is 2.87. The predicted octanol–water partition coefficient (Wildman–Crippen LogP) is 4.49. The quantitative estimate of drug-likeness (QED) is 0.640. The third-order valence-electron chi connectivity index (χ3n) is 3.73. The third-order valence-corrected chi connectivity index (χ3v) is 4.05. The molecule has 28 heavy (non-hydrogen) atoms. The van der Waals surface area contributed by atoms with Gasteiger partial charge in [0.15, 0.2) is 11.5 Å². The molecule has 0 aliphatic rings. The van der Waals surface area contributed by atoms with Crippen molar-refractivity contribution in [3.63, 3.8) is 0 Å². The Bertz CT molecular complexity index is 1010. The summed E-state index contributed by atoms with van der Waals surface area (Å²) in [6.45, 7) is 1.40. The lowest BCUT2D eigenvalue weighted by atomic mass is 10.1. The van der Waals surface area contributed by atoms with Gasteiger partial charge in [0.05, 0.1) is 29.1 Å². The Balaban J connectivity index is 2.17. The van der Waals surface area contributed by atoms with Crippen LogP contribution >= 0.6 is 11.6 Å². The molecule has 3 aromatic rings. The van der Waals surface area contributed by atoms with Gasteiger partial charge in [-0.15, -0.1) is 0 Å². The van der Waals surface area contributed by atoms with Crippen LogP contribution in [-0.2, 0) is 10.9 Å². The maximum atomic E-state index is 13.6. The molecule has 0 saturated carbocycles. The number of aromatic nitrogens is 3. The number of carbonyl (C=O) groups is 1. The summed E-state index contributed by atoms with van der Waals surface area (Å²) in [5.41, 5.74) is -1.72. The van der Waals surface area contributed by atoms with E-state index in [2.05, 4.69) is 14.8 Å². The molecular weight excluding hydrogens is 399 g/mol. The summed E-state index contributed by atoms with van der Waals surface area (Å²) >= 11 is 6.08. The van der Waals surface area contributed by atoms with Crippen LogP contribution in [0.1, 0.15) is 23.0 Å². The van der Waals surface area contributed by atoms with Crippen LogP contribution in [0.5, 0.6) is 5.75 Å². The van der Waals surface area contributed by atoms with E-state index in [1.54, 1.807) is 0 Å². The van der Waals surface area contributed by atoms with Crippen LogP contribution in [0.15, 0.2) is 42.6 Å². The van der Waals surface area contributed by atoms with E-state index in [9.17, 15) is 23.1 Å². The molecule has 0 bridgehead atoms. The number of esters is 1. The molecule has 146 valence electrons. The van der Waals surface area contributed by atoms with Gasteiger partial charge in [0, 0.05) is 0 Å². The lowest BCUT2D eigenvalue weighted by Gasteiger charge is -2.13. The Kier molecular flexibility index (Phi) is 5.28. The van der Waals surface area contributed by atoms with Crippen molar-refractivity contribution >= 4 is 17.6 Å². The van der Waals surface area contributed by atoms with Crippen molar-refractivity contribution in [1.29, 1.82) is 0 Å². The molecule has 0 unspecified atom stereocenters. The Morgan fingerprint density at radius 3 is 2.61 bits per heavy atom. The standard InChI is InChI=1S/C18H13ClF3N3O3/c1-2-28-17(27)10-9-23-25(16(10)18(20,21)22)14-8-4-6-12(24-14)15-11(19)5-3-7-13(15)26/h3-9,26H,2H2,1H3. The van der Waals surface area contributed by atoms with Gasteiger partial charge in [0.25, 0.3) is 0 Å². The zero-order valence-corrected chi connectivity index (χ0v) is 15.1. The minimum absolute atomic E-state index is 0.0825. The van der Waals surface area contributed by atoms with E-state index in [4.69, 9.17) is 11.6 Å². The molecule has 0 saturated heterocycles. The number of phenolic OH excluding ortho intramolecular Hbond substituents is 1. The highest BCUT2D eigenvalue weighted by molar-refractivity contribution is 6.33. The van der Waals surface area contributed by atoms with E-state index in [-0.39, 0.29) is 34.5 Å². The van der Waals surface area contributed by atoms with Gasteiger partial charge >= 0.3 is 12.1 Å². The fraction of sp³-hybridized carbons (Fsp3) is 0.167. The van der Waals surface area contributed by atoms with Crippen LogP contribution in [0, 0.1) is 0 Å². The number of nitrogens with zero attached hydrogens (tertiary/aromatic N) is 3. The molecule has 0 spiro atoms. The molecule has 1 aromatic carbocycles. The molecule has 2 heterocycles. The van der Waals surface area contributed by atoms with E-state index >= 15 is 0 Å².